The molecular weight excluding hydrogens is 726 g/mol. The Morgan fingerprint density at radius 2 is 0.724 bits per heavy atom. The van der Waals surface area contributed by atoms with E-state index in [9.17, 15) is 0 Å². The van der Waals surface area contributed by atoms with E-state index in [1.165, 1.54) is 32.7 Å². The summed E-state index contributed by atoms with van der Waals surface area (Å²) in [5.41, 5.74) is 8.36. The zero-order chi connectivity index (χ0) is 38.4. The summed E-state index contributed by atoms with van der Waals surface area (Å²) in [7, 11) is -1.74. The Morgan fingerprint density at radius 3 is 1.17 bits per heavy atom. The van der Waals surface area contributed by atoms with Gasteiger partial charge in [0.05, 0.1) is 0 Å². The van der Waals surface area contributed by atoms with Gasteiger partial charge in [-0.15, -0.1) is 0 Å². The molecule has 0 unspecified atom stereocenters. The first-order valence-corrected chi connectivity index (χ1v) is 21.0. The van der Waals surface area contributed by atoms with Crippen molar-refractivity contribution in [3.63, 3.8) is 0 Å². The minimum atomic E-state index is -1.74. The molecule has 0 aliphatic heterocycles. The molecule has 11 aromatic rings. The Bertz CT molecular complexity index is 3130. The van der Waals surface area contributed by atoms with Crippen LogP contribution in [0.1, 0.15) is 11.1 Å². The van der Waals surface area contributed by atoms with E-state index < -0.39 is 8.16 Å². The van der Waals surface area contributed by atoms with Crippen molar-refractivity contribution in [2.24, 2.45) is 0 Å². The second-order valence-corrected chi connectivity index (χ2v) is 16.4. The first-order valence-electron chi connectivity index (χ1n) is 19.8. The third-order valence-corrected chi connectivity index (χ3v) is 12.8. The molecule has 3 nitrogen and oxygen atoms in total. The number of rotatable bonds is 7. The predicted molar refractivity (Wildman–Crippen MR) is 246 cm³/mol. The van der Waals surface area contributed by atoms with E-state index in [0.717, 1.165) is 65.7 Å². The molecule has 0 bridgehead atoms. The largest absolute Gasteiger partial charge is 0.407 e. The standard InChI is InChI=1S/C54H38NO2P/c1-3-15-37(16-4-1)35-55(36-38-17-5-2-6-18-38)58-56-53-49(45-29-27-39-19-7-9-21-41(39)31-45)33-43-23-11-13-25-47(43)51(53)52-48-26-14-12-24-44(48)34-50(54(52)57-58)46-30-28-40-20-8-10-22-42(40)32-46/h1-34H,35-36H2. The summed E-state index contributed by atoms with van der Waals surface area (Å²) in [6, 6.07) is 74.1. The van der Waals surface area contributed by atoms with Gasteiger partial charge in [-0.25, -0.2) is 0 Å². The molecular formula is C54H38NO2P. The molecule has 0 N–H and O–H groups in total. The molecule has 0 fully saturated rings. The lowest BCUT2D eigenvalue weighted by atomic mass is 9.91. The van der Waals surface area contributed by atoms with Crippen LogP contribution >= 0.6 is 8.16 Å². The molecule has 11 rings (SSSR count). The maximum Gasteiger partial charge on any atom is 0.310 e. The van der Waals surface area contributed by atoms with Crippen molar-refractivity contribution >= 4 is 73.2 Å². The molecule has 0 radical (unpaired) electrons. The van der Waals surface area contributed by atoms with Crippen LogP contribution < -0.4 is 4.67 Å². The van der Waals surface area contributed by atoms with E-state index in [2.05, 4.69) is 211 Å². The molecule has 0 spiro atoms. The van der Waals surface area contributed by atoms with Crippen molar-refractivity contribution in [2.45, 2.75) is 13.1 Å². The van der Waals surface area contributed by atoms with Crippen LogP contribution in [0.3, 0.4) is 0 Å². The van der Waals surface area contributed by atoms with Gasteiger partial charge in [0.15, 0.2) is 11.2 Å². The number of fused-ring (bicyclic) bond motifs is 9. The van der Waals surface area contributed by atoms with Crippen molar-refractivity contribution in [1.82, 2.24) is 0 Å². The summed E-state index contributed by atoms with van der Waals surface area (Å²) >= 11 is 0. The monoisotopic (exact) mass is 763 g/mol. The molecule has 0 saturated carbocycles. The van der Waals surface area contributed by atoms with Gasteiger partial charge < -0.3 is 8.39 Å². The highest BCUT2D eigenvalue weighted by molar-refractivity contribution is 7.38. The average Bonchev–Trinajstić information content (AvgIpc) is 3.47. The van der Waals surface area contributed by atoms with Crippen LogP contribution in [0.5, 0.6) is 0 Å². The molecule has 276 valence electrons. The van der Waals surface area contributed by atoms with Crippen molar-refractivity contribution in [3.05, 3.63) is 217 Å². The third-order valence-electron chi connectivity index (χ3n) is 11.4. The van der Waals surface area contributed by atoms with Gasteiger partial charge in [-0.2, -0.15) is 4.67 Å². The molecule has 0 aliphatic rings. The predicted octanol–water partition coefficient (Wildman–Crippen LogP) is 15.6. The van der Waals surface area contributed by atoms with Gasteiger partial charge in [0, 0.05) is 35.0 Å². The van der Waals surface area contributed by atoms with E-state index in [1.807, 2.05) is 0 Å². The summed E-state index contributed by atoms with van der Waals surface area (Å²) in [4.78, 5) is 0. The number of hydrogen-bond donors (Lipinski definition) is 0. The van der Waals surface area contributed by atoms with E-state index in [1.54, 1.807) is 0 Å². The molecule has 1 aromatic heterocycles. The SMILES string of the molecule is c1ccc(CN(Cc2ccccc2)p2oc3c(-c4ccc5ccccc5c4)cc4ccccc4c3c3c(o2)c(-c2ccc4ccccc4c2)cc2ccccc23)cc1. The van der Waals surface area contributed by atoms with E-state index >= 15 is 0 Å². The van der Waals surface area contributed by atoms with Gasteiger partial charge in [0.1, 0.15) is 0 Å². The minimum absolute atomic E-state index is 0.643. The first kappa shape index (κ1) is 34.4. The highest BCUT2D eigenvalue weighted by Gasteiger charge is 2.23. The fourth-order valence-corrected chi connectivity index (χ4v) is 10.1. The molecule has 0 amide bonds. The van der Waals surface area contributed by atoms with Gasteiger partial charge in [0.2, 0.25) is 0 Å². The number of benzene rings is 10. The Labute approximate surface area is 337 Å². The topological polar surface area (TPSA) is 29.5 Å². The lowest BCUT2D eigenvalue weighted by molar-refractivity contribution is 0.618. The van der Waals surface area contributed by atoms with E-state index in [4.69, 9.17) is 8.39 Å². The fourth-order valence-electron chi connectivity index (χ4n) is 8.54. The quantitative estimate of drug-likeness (QED) is 0.162. The Kier molecular flexibility index (Phi) is 8.62. The second kappa shape index (κ2) is 14.6. The fraction of sp³-hybridized carbons (Fsp3) is 0.0370. The number of hydrogen-bond acceptors (Lipinski definition) is 3. The van der Waals surface area contributed by atoms with Gasteiger partial charge in [-0.3, -0.25) is 0 Å². The zero-order valence-corrected chi connectivity index (χ0v) is 32.6. The van der Waals surface area contributed by atoms with Gasteiger partial charge in [-0.05, 0) is 89.6 Å². The lowest BCUT2D eigenvalue weighted by Gasteiger charge is -2.19. The lowest BCUT2D eigenvalue weighted by Crippen LogP contribution is -2.18. The van der Waals surface area contributed by atoms with Crippen LogP contribution in [0.15, 0.2) is 215 Å². The summed E-state index contributed by atoms with van der Waals surface area (Å²) in [5, 5.41) is 11.5. The Morgan fingerprint density at radius 1 is 0.345 bits per heavy atom. The van der Waals surface area contributed by atoms with Gasteiger partial charge in [0.25, 0.3) is 0 Å². The molecule has 4 heteroatoms. The van der Waals surface area contributed by atoms with Crippen molar-refractivity contribution in [3.8, 4) is 22.3 Å². The Balaban J connectivity index is 1.33. The van der Waals surface area contributed by atoms with Crippen LogP contribution in [0.25, 0.3) is 87.3 Å². The summed E-state index contributed by atoms with van der Waals surface area (Å²) < 4.78 is 17.6. The second-order valence-electron chi connectivity index (χ2n) is 15.0. The molecule has 1 heterocycles. The normalized spacial score (nSPS) is 11.7. The first-order chi connectivity index (χ1) is 28.7. The number of nitrogens with zero attached hydrogens (tertiary/aromatic N) is 1. The van der Waals surface area contributed by atoms with Crippen LogP contribution in [0.4, 0.5) is 0 Å². The van der Waals surface area contributed by atoms with Crippen LogP contribution in [-0.2, 0) is 13.1 Å². The van der Waals surface area contributed by atoms with Crippen molar-refractivity contribution < 1.29 is 8.39 Å². The highest BCUT2D eigenvalue weighted by atomic mass is 31.1. The molecule has 0 atom stereocenters. The van der Waals surface area contributed by atoms with Crippen LogP contribution in [0.2, 0.25) is 0 Å². The molecule has 0 saturated heterocycles. The minimum Gasteiger partial charge on any atom is -0.407 e. The summed E-state index contributed by atoms with van der Waals surface area (Å²) in [6.07, 6.45) is 0. The highest BCUT2D eigenvalue weighted by Crippen LogP contribution is 2.49. The molecule has 58 heavy (non-hydrogen) atoms. The van der Waals surface area contributed by atoms with E-state index in [0.29, 0.717) is 13.1 Å². The summed E-state index contributed by atoms with van der Waals surface area (Å²) in [5.74, 6) is 0. The zero-order valence-electron chi connectivity index (χ0n) is 31.8. The molecule has 10 aromatic carbocycles. The van der Waals surface area contributed by atoms with Crippen LogP contribution in [0, 0.1) is 0 Å². The molecule has 0 aliphatic carbocycles. The van der Waals surface area contributed by atoms with Crippen molar-refractivity contribution in [1.29, 1.82) is 0 Å². The van der Waals surface area contributed by atoms with E-state index in [-0.39, 0.29) is 0 Å². The van der Waals surface area contributed by atoms with Crippen molar-refractivity contribution in [2.75, 3.05) is 4.67 Å². The maximum absolute atomic E-state index is 7.63. The van der Waals surface area contributed by atoms with Gasteiger partial charge >= 0.3 is 8.16 Å². The maximum atomic E-state index is 7.63. The summed E-state index contributed by atoms with van der Waals surface area (Å²) in [6.45, 7) is 1.29. The van der Waals surface area contributed by atoms with Gasteiger partial charge in [-0.1, -0.05) is 182 Å². The smallest absolute Gasteiger partial charge is 0.310 e. The average molecular weight is 764 g/mol. The Hall–Kier alpha value is -6.90. The van der Waals surface area contributed by atoms with Crippen LogP contribution in [-0.4, -0.2) is 0 Å². The third kappa shape index (κ3) is 6.22.